The van der Waals surface area contributed by atoms with Gasteiger partial charge in [0.05, 0.1) is 17.6 Å². The molecule has 0 aliphatic carbocycles. The molecule has 1 unspecified atom stereocenters. The summed E-state index contributed by atoms with van der Waals surface area (Å²) in [6.07, 6.45) is 4.62. The van der Waals surface area contributed by atoms with Crippen molar-refractivity contribution < 1.29 is 4.79 Å². The van der Waals surface area contributed by atoms with Crippen molar-refractivity contribution in [3.8, 4) is 0 Å². The van der Waals surface area contributed by atoms with Crippen molar-refractivity contribution in [3.05, 3.63) is 29.7 Å². The van der Waals surface area contributed by atoms with Crippen molar-refractivity contribution in [2.75, 3.05) is 6.54 Å². The minimum Gasteiger partial charge on any atom is -0.356 e. The molecule has 1 atom stereocenters. The van der Waals surface area contributed by atoms with E-state index in [4.69, 9.17) is 0 Å². The summed E-state index contributed by atoms with van der Waals surface area (Å²) in [6.45, 7) is 2.76. The van der Waals surface area contributed by atoms with Gasteiger partial charge < -0.3 is 5.32 Å². The first-order valence-corrected chi connectivity index (χ1v) is 6.32. The molecule has 18 heavy (non-hydrogen) atoms. The van der Waals surface area contributed by atoms with Crippen LogP contribution in [0.3, 0.4) is 0 Å². The summed E-state index contributed by atoms with van der Waals surface area (Å²) in [5.74, 6) is 0.221. The molecule has 1 aliphatic rings. The molecule has 0 radical (unpaired) electrons. The largest absolute Gasteiger partial charge is 0.356 e. The zero-order valence-corrected chi connectivity index (χ0v) is 10.4. The summed E-state index contributed by atoms with van der Waals surface area (Å²) >= 11 is 0. The standard InChI is InChI=1S/C13H16N4O/c1-9-8-17-12(15-9)5-4-11(16-17)7-10-3-2-6-14-13(10)18/h4-5,8,10H,2-3,6-7H2,1H3,(H,14,18). The highest BCUT2D eigenvalue weighted by Gasteiger charge is 2.22. The molecule has 1 aliphatic heterocycles. The van der Waals surface area contributed by atoms with E-state index < -0.39 is 0 Å². The third-order valence-electron chi connectivity index (χ3n) is 3.35. The molecule has 1 N–H and O–H groups in total. The zero-order valence-electron chi connectivity index (χ0n) is 10.4. The highest BCUT2D eigenvalue weighted by Crippen LogP contribution is 2.16. The lowest BCUT2D eigenvalue weighted by molar-refractivity contribution is -0.126. The maximum absolute atomic E-state index is 11.7. The van der Waals surface area contributed by atoms with Crippen molar-refractivity contribution in [2.45, 2.75) is 26.2 Å². The second-order valence-electron chi connectivity index (χ2n) is 4.84. The number of nitrogens with one attached hydrogen (secondary N) is 1. The van der Waals surface area contributed by atoms with Crippen LogP contribution in [-0.2, 0) is 11.2 Å². The number of amides is 1. The van der Waals surface area contributed by atoms with Gasteiger partial charge in [0.15, 0.2) is 5.65 Å². The van der Waals surface area contributed by atoms with Gasteiger partial charge in [-0.05, 0) is 31.9 Å². The molecular formula is C13H16N4O. The van der Waals surface area contributed by atoms with E-state index in [1.807, 2.05) is 25.3 Å². The Hall–Kier alpha value is -1.91. The number of carbonyl (C=O) groups is 1. The molecule has 0 bridgehead atoms. The van der Waals surface area contributed by atoms with Gasteiger partial charge in [-0.2, -0.15) is 5.10 Å². The van der Waals surface area contributed by atoms with Gasteiger partial charge in [0.25, 0.3) is 0 Å². The van der Waals surface area contributed by atoms with E-state index in [2.05, 4.69) is 15.4 Å². The van der Waals surface area contributed by atoms with Gasteiger partial charge in [-0.15, -0.1) is 0 Å². The quantitative estimate of drug-likeness (QED) is 0.860. The lowest BCUT2D eigenvalue weighted by atomic mass is 9.94. The maximum atomic E-state index is 11.7. The maximum Gasteiger partial charge on any atom is 0.223 e. The number of nitrogens with zero attached hydrogens (tertiary/aromatic N) is 3. The summed E-state index contributed by atoms with van der Waals surface area (Å²) < 4.78 is 1.78. The first kappa shape index (κ1) is 11.2. The molecule has 0 spiro atoms. The van der Waals surface area contributed by atoms with Crippen LogP contribution in [0, 0.1) is 12.8 Å². The van der Waals surface area contributed by atoms with Crippen LogP contribution in [0.1, 0.15) is 24.2 Å². The Balaban J connectivity index is 1.83. The van der Waals surface area contributed by atoms with Gasteiger partial charge in [-0.3, -0.25) is 4.79 Å². The number of rotatable bonds is 2. The average Bonchev–Trinajstić information content (AvgIpc) is 2.71. The van der Waals surface area contributed by atoms with E-state index in [-0.39, 0.29) is 11.8 Å². The number of aryl methyl sites for hydroxylation is 1. The minimum absolute atomic E-state index is 0.0633. The van der Waals surface area contributed by atoms with Gasteiger partial charge in [0.1, 0.15) is 0 Å². The number of hydrogen-bond acceptors (Lipinski definition) is 3. The van der Waals surface area contributed by atoms with E-state index in [1.165, 1.54) is 0 Å². The van der Waals surface area contributed by atoms with Crippen LogP contribution in [0.4, 0.5) is 0 Å². The fraction of sp³-hybridized carbons (Fsp3) is 0.462. The fourth-order valence-corrected chi connectivity index (χ4v) is 2.43. The van der Waals surface area contributed by atoms with Crippen molar-refractivity contribution in [3.63, 3.8) is 0 Å². The minimum atomic E-state index is 0.0633. The molecule has 2 aromatic heterocycles. The first-order valence-electron chi connectivity index (χ1n) is 6.32. The van der Waals surface area contributed by atoms with E-state index in [0.29, 0.717) is 6.42 Å². The van der Waals surface area contributed by atoms with Crippen molar-refractivity contribution in [2.24, 2.45) is 5.92 Å². The molecule has 2 aromatic rings. The van der Waals surface area contributed by atoms with E-state index in [0.717, 1.165) is 36.4 Å². The second-order valence-corrected chi connectivity index (χ2v) is 4.84. The molecule has 0 aromatic carbocycles. The van der Waals surface area contributed by atoms with Crippen LogP contribution in [0.5, 0.6) is 0 Å². The fourth-order valence-electron chi connectivity index (χ4n) is 2.43. The van der Waals surface area contributed by atoms with Gasteiger partial charge in [-0.25, -0.2) is 9.50 Å². The highest BCUT2D eigenvalue weighted by atomic mass is 16.1. The highest BCUT2D eigenvalue weighted by molar-refractivity contribution is 5.79. The Labute approximate surface area is 105 Å². The number of imidazole rings is 1. The van der Waals surface area contributed by atoms with Crippen molar-refractivity contribution >= 4 is 11.6 Å². The van der Waals surface area contributed by atoms with Crippen LogP contribution in [0.25, 0.3) is 5.65 Å². The third kappa shape index (κ3) is 2.08. The Bertz CT molecular complexity index is 590. The number of hydrogen-bond donors (Lipinski definition) is 1. The van der Waals surface area contributed by atoms with Crippen LogP contribution < -0.4 is 5.32 Å². The van der Waals surface area contributed by atoms with E-state index >= 15 is 0 Å². The molecule has 94 valence electrons. The van der Waals surface area contributed by atoms with Crippen LogP contribution in [0.15, 0.2) is 18.3 Å². The third-order valence-corrected chi connectivity index (χ3v) is 3.35. The summed E-state index contributed by atoms with van der Waals surface area (Å²) in [7, 11) is 0. The first-order chi connectivity index (χ1) is 8.72. The predicted octanol–water partition coefficient (Wildman–Crippen LogP) is 1.11. The number of aromatic nitrogens is 3. The number of carbonyl (C=O) groups excluding carboxylic acids is 1. The van der Waals surface area contributed by atoms with Crippen molar-refractivity contribution in [1.29, 1.82) is 0 Å². The summed E-state index contributed by atoms with van der Waals surface area (Å²) in [6, 6.07) is 3.92. The number of piperidine rings is 1. The second kappa shape index (κ2) is 4.40. The molecule has 1 fully saturated rings. The molecule has 5 heteroatoms. The molecule has 1 saturated heterocycles. The summed E-state index contributed by atoms with van der Waals surface area (Å²) in [5, 5.41) is 7.41. The Morgan fingerprint density at radius 3 is 3.22 bits per heavy atom. The molecular weight excluding hydrogens is 228 g/mol. The molecule has 3 rings (SSSR count). The predicted molar refractivity (Wildman–Crippen MR) is 67.2 cm³/mol. The summed E-state index contributed by atoms with van der Waals surface area (Å²) in [5.41, 5.74) is 2.75. The van der Waals surface area contributed by atoms with Crippen LogP contribution in [-0.4, -0.2) is 27.0 Å². The Morgan fingerprint density at radius 1 is 1.50 bits per heavy atom. The summed E-state index contributed by atoms with van der Waals surface area (Å²) in [4.78, 5) is 16.0. The molecule has 0 saturated carbocycles. The zero-order chi connectivity index (χ0) is 12.5. The average molecular weight is 244 g/mol. The van der Waals surface area contributed by atoms with Crippen LogP contribution in [0.2, 0.25) is 0 Å². The van der Waals surface area contributed by atoms with Gasteiger partial charge in [-0.1, -0.05) is 0 Å². The normalized spacial score (nSPS) is 20.1. The van der Waals surface area contributed by atoms with E-state index in [9.17, 15) is 4.79 Å². The van der Waals surface area contributed by atoms with Gasteiger partial charge in [0, 0.05) is 18.9 Å². The topological polar surface area (TPSA) is 59.3 Å². The van der Waals surface area contributed by atoms with Crippen LogP contribution >= 0.6 is 0 Å². The Morgan fingerprint density at radius 2 is 2.39 bits per heavy atom. The van der Waals surface area contributed by atoms with Crippen molar-refractivity contribution in [1.82, 2.24) is 19.9 Å². The SMILES string of the molecule is Cc1cn2nc(CC3CCCNC3=O)ccc2n1. The molecule has 1 amide bonds. The number of fused-ring (bicyclic) bond motifs is 1. The van der Waals surface area contributed by atoms with E-state index in [1.54, 1.807) is 4.52 Å². The lowest BCUT2D eigenvalue weighted by Gasteiger charge is -2.21. The lowest BCUT2D eigenvalue weighted by Crippen LogP contribution is -2.37. The Kier molecular flexibility index (Phi) is 2.74. The molecule has 3 heterocycles. The molecule has 5 nitrogen and oxygen atoms in total. The smallest absolute Gasteiger partial charge is 0.223 e. The van der Waals surface area contributed by atoms with Gasteiger partial charge >= 0.3 is 0 Å². The van der Waals surface area contributed by atoms with Gasteiger partial charge in [0.2, 0.25) is 5.91 Å². The monoisotopic (exact) mass is 244 g/mol.